The van der Waals surface area contributed by atoms with Crippen LogP contribution in [0.15, 0.2) is 54.7 Å². The van der Waals surface area contributed by atoms with Crippen LogP contribution in [0.5, 0.6) is 0 Å². The Balaban J connectivity index is 1.60. The van der Waals surface area contributed by atoms with Crippen LogP contribution >= 0.6 is 0 Å². The van der Waals surface area contributed by atoms with Gasteiger partial charge >= 0.3 is 0 Å². The molecule has 0 bridgehead atoms. The van der Waals surface area contributed by atoms with Gasteiger partial charge in [-0.2, -0.15) is 5.10 Å². The van der Waals surface area contributed by atoms with Crippen LogP contribution in [0.4, 0.5) is 0 Å². The van der Waals surface area contributed by atoms with Crippen LogP contribution in [0.3, 0.4) is 0 Å². The average molecular weight is 347 g/mol. The molecular formula is C20H21N5O. The van der Waals surface area contributed by atoms with Crippen LogP contribution in [-0.2, 0) is 20.0 Å². The van der Waals surface area contributed by atoms with Crippen molar-refractivity contribution in [1.29, 1.82) is 0 Å². The summed E-state index contributed by atoms with van der Waals surface area (Å²) in [6, 6.07) is 15.7. The van der Waals surface area contributed by atoms with Gasteiger partial charge in [0, 0.05) is 25.8 Å². The fraction of sp³-hybridized carbons (Fsp3) is 0.250. The highest BCUT2D eigenvalue weighted by Crippen LogP contribution is 2.27. The first kappa shape index (κ1) is 16.5. The summed E-state index contributed by atoms with van der Waals surface area (Å²) in [5.41, 5.74) is 10.4. The normalized spacial score (nSPS) is 14.5. The van der Waals surface area contributed by atoms with Crippen LogP contribution in [0.2, 0.25) is 0 Å². The van der Waals surface area contributed by atoms with Crippen molar-refractivity contribution < 1.29 is 4.79 Å². The zero-order chi connectivity index (χ0) is 18.1. The second-order valence-corrected chi connectivity index (χ2v) is 6.54. The Hall–Kier alpha value is -2.99. The van der Waals surface area contributed by atoms with Crippen molar-refractivity contribution in [1.82, 2.24) is 19.7 Å². The maximum atomic E-state index is 12.9. The SMILES string of the molecule is Cn1nccc1-c1ccc2c(n1)CN([C@H](CN)Cc1ccccc1)C2=O. The van der Waals surface area contributed by atoms with Gasteiger partial charge in [0.2, 0.25) is 0 Å². The Morgan fingerprint density at radius 3 is 2.65 bits per heavy atom. The predicted molar refractivity (Wildman–Crippen MR) is 99.3 cm³/mol. The number of nitrogens with two attached hydrogens (primary N) is 1. The number of carbonyl (C=O) groups is 1. The van der Waals surface area contributed by atoms with E-state index in [1.807, 2.05) is 48.3 Å². The van der Waals surface area contributed by atoms with Crippen LogP contribution in [-0.4, -0.2) is 38.2 Å². The molecule has 0 saturated carbocycles. The number of pyridine rings is 1. The molecular weight excluding hydrogens is 326 g/mol. The maximum absolute atomic E-state index is 12.9. The molecule has 0 radical (unpaired) electrons. The molecule has 4 rings (SSSR count). The molecule has 3 aromatic rings. The number of fused-ring (bicyclic) bond motifs is 1. The molecule has 1 atom stereocenters. The van der Waals surface area contributed by atoms with Crippen LogP contribution < -0.4 is 5.73 Å². The van der Waals surface area contributed by atoms with Gasteiger partial charge in [-0.15, -0.1) is 0 Å². The van der Waals surface area contributed by atoms with Gasteiger partial charge in [-0.1, -0.05) is 30.3 Å². The maximum Gasteiger partial charge on any atom is 0.256 e. The molecule has 6 heteroatoms. The fourth-order valence-corrected chi connectivity index (χ4v) is 3.47. The lowest BCUT2D eigenvalue weighted by Gasteiger charge is -2.26. The van der Waals surface area contributed by atoms with Crippen molar-refractivity contribution in [3.8, 4) is 11.4 Å². The highest BCUT2D eigenvalue weighted by Gasteiger charge is 2.33. The smallest absolute Gasteiger partial charge is 0.256 e. The van der Waals surface area contributed by atoms with Crippen LogP contribution in [0, 0.1) is 0 Å². The molecule has 0 fully saturated rings. The van der Waals surface area contributed by atoms with Gasteiger partial charge in [0.1, 0.15) is 0 Å². The number of aromatic nitrogens is 3. The number of rotatable bonds is 5. The summed E-state index contributed by atoms with van der Waals surface area (Å²) < 4.78 is 1.78. The molecule has 3 heterocycles. The van der Waals surface area contributed by atoms with Crippen molar-refractivity contribution >= 4 is 5.91 Å². The molecule has 1 aliphatic rings. The first-order chi connectivity index (χ1) is 12.7. The Labute approximate surface area is 152 Å². The molecule has 0 spiro atoms. The molecule has 1 amide bonds. The van der Waals surface area contributed by atoms with Gasteiger partial charge in [-0.25, -0.2) is 4.98 Å². The molecule has 0 unspecified atom stereocenters. The number of hydrogen-bond donors (Lipinski definition) is 1. The Kier molecular flexibility index (Phi) is 4.26. The van der Waals surface area contributed by atoms with Gasteiger partial charge in [0.05, 0.1) is 29.2 Å². The second-order valence-electron chi connectivity index (χ2n) is 6.54. The molecule has 1 aliphatic heterocycles. The summed E-state index contributed by atoms with van der Waals surface area (Å²) >= 11 is 0. The fourth-order valence-electron chi connectivity index (χ4n) is 3.47. The second kappa shape index (κ2) is 6.72. The standard InChI is InChI=1S/C20H21N5O/c1-24-19(9-10-22-24)17-8-7-16-18(23-17)13-25(20(16)26)15(12-21)11-14-5-3-2-4-6-14/h2-10,15H,11-13,21H2,1H3/t15-/m0/s1. The summed E-state index contributed by atoms with van der Waals surface area (Å²) in [5, 5.41) is 4.19. The topological polar surface area (TPSA) is 77.0 Å². The lowest BCUT2D eigenvalue weighted by molar-refractivity contribution is 0.0707. The monoisotopic (exact) mass is 347 g/mol. The minimum Gasteiger partial charge on any atom is -0.328 e. The highest BCUT2D eigenvalue weighted by molar-refractivity contribution is 5.98. The van der Waals surface area contributed by atoms with Crippen molar-refractivity contribution in [2.45, 2.75) is 19.0 Å². The van der Waals surface area contributed by atoms with Crippen LogP contribution in [0.25, 0.3) is 11.4 Å². The van der Waals surface area contributed by atoms with Crippen molar-refractivity contribution in [3.05, 3.63) is 71.5 Å². The van der Waals surface area contributed by atoms with Crippen LogP contribution in [0.1, 0.15) is 21.6 Å². The summed E-state index contributed by atoms with van der Waals surface area (Å²) in [6.45, 7) is 0.914. The van der Waals surface area contributed by atoms with E-state index in [0.29, 0.717) is 18.7 Å². The van der Waals surface area contributed by atoms with E-state index in [1.54, 1.807) is 10.9 Å². The van der Waals surface area contributed by atoms with Crippen molar-refractivity contribution in [2.75, 3.05) is 6.54 Å². The predicted octanol–water partition coefficient (Wildman–Crippen LogP) is 2.01. The number of nitrogens with zero attached hydrogens (tertiary/aromatic N) is 4. The lowest BCUT2D eigenvalue weighted by atomic mass is 10.0. The zero-order valence-electron chi connectivity index (χ0n) is 14.7. The Morgan fingerprint density at radius 2 is 1.96 bits per heavy atom. The van der Waals surface area contributed by atoms with Crippen molar-refractivity contribution in [3.63, 3.8) is 0 Å². The summed E-state index contributed by atoms with van der Waals surface area (Å²) in [6.07, 6.45) is 2.48. The van der Waals surface area contributed by atoms with E-state index in [4.69, 9.17) is 10.7 Å². The molecule has 2 aromatic heterocycles. The average Bonchev–Trinajstić information content (AvgIpc) is 3.24. The first-order valence-corrected chi connectivity index (χ1v) is 8.70. The molecule has 0 saturated heterocycles. The minimum atomic E-state index is -0.0424. The van der Waals surface area contributed by atoms with E-state index in [0.717, 1.165) is 23.5 Å². The van der Waals surface area contributed by atoms with E-state index in [9.17, 15) is 4.79 Å². The third-order valence-corrected chi connectivity index (χ3v) is 4.90. The number of aryl methyl sites for hydroxylation is 1. The number of benzene rings is 1. The highest BCUT2D eigenvalue weighted by atomic mass is 16.2. The van der Waals surface area contributed by atoms with Gasteiger partial charge in [0.25, 0.3) is 5.91 Å². The zero-order valence-corrected chi connectivity index (χ0v) is 14.7. The largest absolute Gasteiger partial charge is 0.328 e. The van der Waals surface area contributed by atoms with Crippen molar-refractivity contribution in [2.24, 2.45) is 12.8 Å². The number of amides is 1. The van der Waals surface area contributed by atoms with E-state index in [-0.39, 0.29) is 11.9 Å². The molecule has 1 aromatic carbocycles. The molecule has 2 N–H and O–H groups in total. The van der Waals surface area contributed by atoms with E-state index < -0.39 is 0 Å². The van der Waals surface area contributed by atoms with E-state index >= 15 is 0 Å². The van der Waals surface area contributed by atoms with Gasteiger partial charge < -0.3 is 10.6 Å². The van der Waals surface area contributed by atoms with Gasteiger partial charge in [-0.3, -0.25) is 9.48 Å². The Bertz CT molecular complexity index is 934. The summed E-state index contributed by atoms with van der Waals surface area (Å²) in [7, 11) is 1.88. The van der Waals surface area contributed by atoms with Gasteiger partial charge in [-0.05, 0) is 30.2 Å². The van der Waals surface area contributed by atoms with E-state index in [1.165, 1.54) is 5.56 Å². The number of carbonyl (C=O) groups excluding carboxylic acids is 1. The molecule has 0 aliphatic carbocycles. The van der Waals surface area contributed by atoms with E-state index in [2.05, 4.69) is 17.2 Å². The quantitative estimate of drug-likeness (QED) is 0.766. The first-order valence-electron chi connectivity index (χ1n) is 8.70. The number of hydrogen-bond acceptors (Lipinski definition) is 4. The molecule has 26 heavy (non-hydrogen) atoms. The summed E-state index contributed by atoms with van der Waals surface area (Å²) in [4.78, 5) is 19.4. The summed E-state index contributed by atoms with van der Waals surface area (Å²) in [5.74, 6) is 0.00966. The third-order valence-electron chi connectivity index (χ3n) is 4.90. The molecule has 6 nitrogen and oxygen atoms in total. The minimum absolute atomic E-state index is 0.00966. The molecule has 132 valence electrons. The lowest BCUT2D eigenvalue weighted by Crippen LogP contribution is -2.42. The third kappa shape index (κ3) is 2.88. The van der Waals surface area contributed by atoms with Gasteiger partial charge in [0.15, 0.2) is 0 Å². The Morgan fingerprint density at radius 1 is 1.15 bits per heavy atom.